The van der Waals surface area contributed by atoms with Crippen LogP contribution in [-0.4, -0.2) is 27.7 Å². The zero-order valence-corrected chi connectivity index (χ0v) is 18.3. The molecule has 4 rings (SSSR count). The molecule has 3 heterocycles. The lowest BCUT2D eigenvalue weighted by Crippen LogP contribution is -2.47. The van der Waals surface area contributed by atoms with Gasteiger partial charge >= 0.3 is 0 Å². The third-order valence-electron chi connectivity index (χ3n) is 5.39. The molecule has 0 saturated heterocycles. The molecule has 0 bridgehead atoms. The average molecular weight is 423 g/mol. The van der Waals surface area contributed by atoms with Crippen molar-refractivity contribution in [3.8, 4) is 5.75 Å². The molecule has 1 aliphatic heterocycles. The van der Waals surface area contributed by atoms with Crippen LogP contribution in [-0.2, 0) is 10.3 Å². The number of thiophene rings is 1. The molecule has 0 spiro atoms. The van der Waals surface area contributed by atoms with Gasteiger partial charge in [0.05, 0.1) is 17.7 Å². The number of aryl methyl sites for hydroxylation is 1. The number of amides is 1. The number of carbonyl (C=O) groups is 1. The van der Waals surface area contributed by atoms with Gasteiger partial charge in [0.2, 0.25) is 0 Å². The summed E-state index contributed by atoms with van der Waals surface area (Å²) in [5.41, 5.74) is 3.24. The van der Waals surface area contributed by atoms with E-state index in [-0.39, 0.29) is 5.91 Å². The molecule has 1 atom stereocenters. The second-order valence-corrected chi connectivity index (χ2v) is 8.78. The van der Waals surface area contributed by atoms with Crippen LogP contribution in [0.4, 0.5) is 0 Å². The Kier molecular flexibility index (Phi) is 5.72. The van der Waals surface area contributed by atoms with Crippen molar-refractivity contribution in [3.05, 3.63) is 63.9 Å². The number of hydrogen-bond acceptors (Lipinski definition) is 5. The van der Waals surface area contributed by atoms with Crippen molar-refractivity contribution in [2.75, 3.05) is 6.61 Å². The van der Waals surface area contributed by atoms with E-state index in [1.54, 1.807) is 11.3 Å². The van der Waals surface area contributed by atoms with E-state index < -0.39 is 5.54 Å². The maximum Gasteiger partial charge on any atom is 0.256 e. The van der Waals surface area contributed by atoms with Crippen LogP contribution in [0.25, 0.3) is 11.1 Å². The summed E-state index contributed by atoms with van der Waals surface area (Å²) in [6, 6.07) is 10.2. The van der Waals surface area contributed by atoms with E-state index in [0.29, 0.717) is 17.8 Å². The molecule has 0 saturated carbocycles. The Morgan fingerprint density at radius 3 is 2.70 bits per heavy atom. The lowest BCUT2D eigenvalue weighted by molar-refractivity contribution is -0.117. The van der Waals surface area contributed by atoms with Gasteiger partial charge in [-0.2, -0.15) is 5.10 Å². The maximum absolute atomic E-state index is 13.2. The van der Waals surface area contributed by atoms with Gasteiger partial charge in [0.1, 0.15) is 12.1 Å². The molecule has 1 unspecified atom stereocenters. The Labute approximate surface area is 180 Å². The molecule has 6 nitrogen and oxygen atoms in total. The lowest BCUT2D eigenvalue weighted by atomic mass is 9.80. The molecule has 1 amide bonds. The van der Waals surface area contributed by atoms with E-state index in [1.165, 1.54) is 11.9 Å². The summed E-state index contributed by atoms with van der Waals surface area (Å²) in [7, 11) is 0. The minimum Gasteiger partial charge on any atom is -0.494 e. The van der Waals surface area contributed by atoms with E-state index in [2.05, 4.69) is 52.7 Å². The molecule has 1 aliphatic rings. The van der Waals surface area contributed by atoms with Crippen LogP contribution >= 0.6 is 11.3 Å². The van der Waals surface area contributed by atoms with Crippen LogP contribution in [0.3, 0.4) is 0 Å². The van der Waals surface area contributed by atoms with Crippen LogP contribution in [0, 0.1) is 6.92 Å². The zero-order chi connectivity index (χ0) is 21.1. The number of hydrogen-bond donors (Lipinski definition) is 2. The summed E-state index contributed by atoms with van der Waals surface area (Å²) in [6.45, 7) is 6.99. The normalized spacial score (nSPS) is 19.1. The van der Waals surface area contributed by atoms with E-state index in [4.69, 9.17) is 4.74 Å². The first-order chi connectivity index (χ1) is 14.5. The summed E-state index contributed by atoms with van der Waals surface area (Å²) in [5, 5.41) is 12.1. The van der Waals surface area contributed by atoms with Gasteiger partial charge in [-0.25, -0.2) is 4.98 Å². The first kappa shape index (κ1) is 20.3. The molecule has 0 radical (unpaired) electrons. The molecular weight excluding hydrogens is 396 g/mol. The smallest absolute Gasteiger partial charge is 0.256 e. The molecular formula is C23H26N4O2S. The van der Waals surface area contributed by atoms with Gasteiger partial charge in [0.25, 0.3) is 5.91 Å². The van der Waals surface area contributed by atoms with Gasteiger partial charge in [-0.3, -0.25) is 9.89 Å². The lowest BCUT2D eigenvalue weighted by Gasteiger charge is -2.37. The summed E-state index contributed by atoms with van der Waals surface area (Å²) < 4.78 is 5.79. The van der Waals surface area contributed by atoms with E-state index in [9.17, 15) is 4.79 Å². The van der Waals surface area contributed by atoms with Gasteiger partial charge in [0.15, 0.2) is 5.82 Å². The van der Waals surface area contributed by atoms with Crippen molar-refractivity contribution in [1.29, 1.82) is 0 Å². The van der Waals surface area contributed by atoms with Gasteiger partial charge in [0, 0.05) is 11.3 Å². The molecule has 7 heteroatoms. The van der Waals surface area contributed by atoms with Crippen LogP contribution in [0.2, 0.25) is 0 Å². The van der Waals surface area contributed by atoms with E-state index >= 15 is 0 Å². The Morgan fingerprint density at radius 2 is 2.07 bits per heavy atom. The van der Waals surface area contributed by atoms with Crippen molar-refractivity contribution in [1.82, 2.24) is 20.5 Å². The highest BCUT2D eigenvalue weighted by molar-refractivity contribution is 7.11. The fourth-order valence-corrected chi connectivity index (χ4v) is 4.69. The van der Waals surface area contributed by atoms with Crippen LogP contribution in [0.5, 0.6) is 5.75 Å². The second-order valence-electron chi connectivity index (χ2n) is 7.87. The maximum atomic E-state index is 13.2. The SMILES string of the molecule is CCCCOc1ccc(C2(C)CC(c3cc(C)cs3)=C(c3ncn[nH]3)C(=O)N2)cc1. The third-order valence-corrected chi connectivity index (χ3v) is 6.49. The molecule has 156 valence electrons. The summed E-state index contributed by atoms with van der Waals surface area (Å²) >= 11 is 1.65. The number of H-pyrrole nitrogens is 1. The highest BCUT2D eigenvalue weighted by Crippen LogP contribution is 2.42. The number of rotatable bonds is 7. The minimum atomic E-state index is -0.532. The van der Waals surface area contributed by atoms with Crippen molar-refractivity contribution < 1.29 is 9.53 Å². The number of carbonyl (C=O) groups excluding carboxylic acids is 1. The number of ether oxygens (including phenoxy) is 1. The van der Waals surface area contributed by atoms with Crippen molar-refractivity contribution in [2.24, 2.45) is 0 Å². The van der Waals surface area contributed by atoms with Crippen LogP contribution in [0.15, 0.2) is 42.0 Å². The highest BCUT2D eigenvalue weighted by atomic mass is 32.1. The van der Waals surface area contributed by atoms with Crippen molar-refractivity contribution in [2.45, 2.75) is 45.6 Å². The fourth-order valence-electron chi connectivity index (χ4n) is 3.74. The predicted octanol–water partition coefficient (Wildman–Crippen LogP) is 4.70. The Morgan fingerprint density at radius 1 is 1.27 bits per heavy atom. The van der Waals surface area contributed by atoms with Gasteiger partial charge < -0.3 is 10.1 Å². The molecule has 1 aromatic carbocycles. The first-order valence-corrected chi connectivity index (χ1v) is 11.1. The van der Waals surface area contributed by atoms with Crippen molar-refractivity contribution in [3.63, 3.8) is 0 Å². The largest absolute Gasteiger partial charge is 0.494 e. The average Bonchev–Trinajstić information content (AvgIpc) is 3.40. The van der Waals surface area contributed by atoms with Gasteiger partial charge in [-0.15, -0.1) is 11.3 Å². The van der Waals surface area contributed by atoms with Crippen LogP contribution in [0.1, 0.15) is 54.9 Å². The fraction of sp³-hybridized carbons (Fsp3) is 0.348. The zero-order valence-electron chi connectivity index (χ0n) is 17.5. The quantitative estimate of drug-likeness (QED) is 0.541. The number of benzene rings is 1. The van der Waals surface area contributed by atoms with Crippen LogP contribution < -0.4 is 10.1 Å². The first-order valence-electron chi connectivity index (χ1n) is 10.2. The summed E-state index contributed by atoms with van der Waals surface area (Å²) in [4.78, 5) is 18.6. The highest BCUT2D eigenvalue weighted by Gasteiger charge is 2.39. The van der Waals surface area contributed by atoms with E-state index in [0.717, 1.165) is 41.2 Å². The third kappa shape index (κ3) is 4.03. The molecule has 0 aliphatic carbocycles. The predicted molar refractivity (Wildman–Crippen MR) is 119 cm³/mol. The standard InChI is InChI=1S/C23H26N4O2S/c1-4-5-10-29-17-8-6-16(7-9-17)23(3)12-18(19-11-15(2)13-30-19)20(22(28)26-23)21-24-14-25-27-21/h6-9,11,13-14H,4-5,10,12H2,1-3H3,(H,26,28)(H,24,25,27). The number of nitrogens with one attached hydrogen (secondary N) is 2. The molecule has 2 N–H and O–H groups in total. The molecule has 2 aromatic heterocycles. The van der Waals surface area contributed by atoms with E-state index in [1.807, 2.05) is 24.3 Å². The second kappa shape index (κ2) is 8.44. The van der Waals surface area contributed by atoms with Crippen molar-refractivity contribution >= 4 is 28.4 Å². The monoisotopic (exact) mass is 422 g/mol. The Bertz CT molecular complexity index is 1050. The summed E-state index contributed by atoms with van der Waals surface area (Å²) in [6.07, 6.45) is 4.23. The number of unbranched alkanes of at least 4 members (excludes halogenated alkanes) is 1. The molecule has 0 fully saturated rings. The van der Waals surface area contributed by atoms with Gasteiger partial charge in [-0.05, 0) is 60.5 Å². The molecule has 30 heavy (non-hydrogen) atoms. The number of aromatic nitrogens is 3. The number of nitrogens with zero attached hydrogens (tertiary/aromatic N) is 2. The Balaban J connectivity index is 1.69. The summed E-state index contributed by atoms with van der Waals surface area (Å²) in [5.74, 6) is 1.20. The number of aromatic amines is 1. The minimum absolute atomic E-state index is 0.148. The Hall–Kier alpha value is -2.93. The topological polar surface area (TPSA) is 79.9 Å². The van der Waals surface area contributed by atoms with Gasteiger partial charge in [-0.1, -0.05) is 25.5 Å². The molecule has 3 aromatic rings.